The molecule has 0 spiro atoms. The number of H-pyrrole nitrogens is 1. The van der Waals surface area contributed by atoms with Gasteiger partial charge in [-0.15, -0.1) is 6.58 Å². The van der Waals surface area contributed by atoms with Crippen molar-refractivity contribution in [3.8, 4) is 0 Å². The number of aryl methyl sites for hydroxylation is 2. The average molecular weight is 222 g/mol. The molecule has 0 radical (unpaired) electrons. The molecule has 86 valence electrons. The first kappa shape index (κ1) is 12.2. The van der Waals surface area contributed by atoms with Gasteiger partial charge in [0.2, 0.25) is 0 Å². The predicted molar refractivity (Wildman–Crippen MR) is 60.2 cm³/mol. The number of nitrogens with one attached hydrogen (secondary N) is 2. The van der Waals surface area contributed by atoms with Gasteiger partial charge in [0.05, 0.1) is 6.61 Å². The van der Waals surface area contributed by atoms with Gasteiger partial charge in [0.25, 0.3) is 11.5 Å². The fourth-order valence-electron chi connectivity index (χ4n) is 1.12. The SMILES string of the molecule is C=CCONC(=O)c1cc(C)c(C)[nH]c1=O. The summed E-state index contributed by atoms with van der Waals surface area (Å²) in [5, 5.41) is 0. The molecule has 0 aliphatic carbocycles. The zero-order valence-corrected chi connectivity index (χ0v) is 9.29. The number of hydrogen-bond donors (Lipinski definition) is 2. The van der Waals surface area contributed by atoms with Crippen molar-refractivity contribution in [3.63, 3.8) is 0 Å². The van der Waals surface area contributed by atoms with E-state index in [1.807, 2.05) is 6.92 Å². The van der Waals surface area contributed by atoms with Gasteiger partial charge in [-0.25, -0.2) is 5.48 Å². The first-order valence-electron chi connectivity index (χ1n) is 4.79. The number of carbonyl (C=O) groups is 1. The molecule has 0 aliphatic heterocycles. The van der Waals surface area contributed by atoms with Crippen molar-refractivity contribution in [2.24, 2.45) is 0 Å². The van der Waals surface area contributed by atoms with Gasteiger partial charge in [0, 0.05) is 5.69 Å². The summed E-state index contributed by atoms with van der Waals surface area (Å²) >= 11 is 0. The van der Waals surface area contributed by atoms with Crippen molar-refractivity contribution in [2.45, 2.75) is 13.8 Å². The van der Waals surface area contributed by atoms with Gasteiger partial charge in [0.1, 0.15) is 5.56 Å². The van der Waals surface area contributed by atoms with Crippen LogP contribution in [0.5, 0.6) is 0 Å². The fourth-order valence-corrected chi connectivity index (χ4v) is 1.12. The molecule has 5 nitrogen and oxygen atoms in total. The largest absolute Gasteiger partial charge is 0.326 e. The summed E-state index contributed by atoms with van der Waals surface area (Å²) in [5.41, 5.74) is 3.35. The van der Waals surface area contributed by atoms with E-state index in [4.69, 9.17) is 4.84 Å². The molecule has 0 aliphatic rings. The number of aromatic amines is 1. The van der Waals surface area contributed by atoms with Crippen LogP contribution in [0.3, 0.4) is 0 Å². The third-order valence-corrected chi connectivity index (χ3v) is 2.11. The number of aromatic nitrogens is 1. The first-order chi connectivity index (χ1) is 7.56. The Morgan fingerprint density at radius 1 is 1.62 bits per heavy atom. The summed E-state index contributed by atoms with van der Waals surface area (Å²) in [6.45, 7) is 7.20. The monoisotopic (exact) mass is 222 g/mol. The van der Waals surface area contributed by atoms with E-state index in [2.05, 4.69) is 17.0 Å². The molecule has 1 aromatic rings. The van der Waals surface area contributed by atoms with Crippen molar-refractivity contribution >= 4 is 5.91 Å². The lowest BCUT2D eigenvalue weighted by molar-refractivity contribution is 0.0420. The second-order valence-electron chi connectivity index (χ2n) is 3.35. The normalized spacial score (nSPS) is 9.88. The second-order valence-corrected chi connectivity index (χ2v) is 3.35. The Bertz CT molecular complexity index is 463. The van der Waals surface area contributed by atoms with Crippen molar-refractivity contribution in [2.75, 3.05) is 6.61 Å². The van der Waals surface area contributed by atoms with E-state index in [-0.39, 0.29) is 12.2 Å². The zero-order chi connectivity index (χ0) is 12.1. The average Bonchev–Trinajstić information content (AvgIpc) is 2.23. The second kappa shape index (κ2) is 5.27. The highest BCUT2D eigenvalue weighted by atomic mass is 16.6. The van der Waals surface area contributed by atoms with Crippen LogP contribution in [0.4, 0.5) is 0 Å². The van der Waals surface area contributed by atoms with Crippen LogP contribution in [-0.2, 0) is 4.84 Å². The highest BCUT2D eigenvalue weighted by molar-refractivity contribution is 5.93. The minimum absolute atomic E-state index is 0.0344. The summed E-state index contributed by atoms with van der Waals surface area (Å²) < 4.78 is 0. The van der Waals surface area contributed by atoms with Gasteiger partial charge < -0.3 is 4.98 Å². The third-order valence-electron chi connectivity index (χ3n) is 2.11. The third kappa shape index (κ3) is 2.80. The van der Waals surface area contributed by atoms with E-state index in [0.717, 1.165) is 11.3 Å². The Kier molecular flexibility index (Phi) is 4.02. The zero-order valence-electron chi connectivity index (χ0n) is 9.29. The van der Waals surface area contributed by atoms with Crippen LogP contribution in [-0.4, -0.2) is 17.5 Å². The molecule has 2 N–H and O–H groups in total. The molecule has 1 aromatic heterocycles. The first-order valence-corrected chi connectivity index (χ1v) is 4.79. The van der Waals surface area contributed by atoms with Gasteiger partial charge in [-0.3, -0.25) is 14.4 Å². The smallest absolute Gasteiger partial charge is 0.280 e. The minimum Gasteiger partial charge on any atom is -0.326 e. The van der Waals surface area contributed by atoms with Crippen molar-refractivity contribution in [1.29, 1.82) is 0 Å². The molecule has 0 aromatic carbocycles. The molecule has 1 amide bonds. The van der Waals surface area contributed by atoms with Crippen LogP contribution >= 0.6 is 0 Å². The van der Waals surface area contributed by atoms with Gasteiger partial charge in [-0.2, -0.15) is 0 Å². The van der Waals surface area contributed by atoms with Gasteiger partial charge in [-0.1, -0.05) is 6.08 Å². The molecule has 0 atom stereocenters. The Morgan fingerprint density at radius 3 is 2.94 bits per heavy atom. The molecular weight excluding hydrogens is 208 g/mol. The Balaban J connectivity index is 2.87. The topological polar surface area (TPSA) is 71.2 Å². The number of pyridine rings is 1. The van der Waals surface area contributed by atoms with Crippen LogP contribution in [0.2, 0.25) is 0 Å². The lowest BCUT2D eigenvalue weighted by Crippen LogP contribution is -2.30. The van der Waals surface area contributed by atoms with E-state index < -0.39 is 11.5 Å². The Morgan fingerprint density at radius 2 is 2.31 bits per heavy atom. The summed E-state index contributed by atoms with van der Waals surface area (Å²) in [6.07, 6.45) is 1.49. The molecule has 0 fully saturated rings. The quantitative estimate of drug-likeness (QED) is 0.450. The summed E-state index contributed by atoms with van der Waals surface area (Å²) in [6, 6.07) is 1.53. The summed E-state index contributed by atoms with van der Waals surface area (Å²) in [7, 11) is 0. The molecule has 5 heteroatoms. The maximum Gasteiger partial charge on any atom is 0.280 e. The molecule has 1 rings (SSSR count). The molecule has 0 unspecified atom stereocenters. The Hall–Kier alpha value is -1.88. The molecule has 1 heterocycles. The molecule has 0 saturated heterocycles. The van der Waals surface area contributed by atoms with Crippen molar-refractivity contribution in [1.82, 2.24) is 10.5 Å². The van der Waals surface area contributed by atoms with E-state index in [0.29, 0.717) is 0 Å². The van der Waals surface area contributed by atoms with Crippen LogP contribution in [0.1, 0.15) is 21.6 Å². The van der Waals surface area contributed by atoms with E-state index >= 15 is 0 Å². The molecular formula is C11H14N2O3. The molecule has 0 saturated carbocycles. The highest BCUT2D eigenvalue weighted by Gasteiger charge is 2.11. The fraction of sp³-hybridized carbons (Fsp3) is 0.273. The lowest BCUT2D eigenvalue weighted by Gasteiger charge is -2.05. The number of hydrogen-bond acceptors (Lipinski definition) is 3. The van der Waals surface area contributed by atoms with Crippen LogP contribution in [0, 0.1) is 13.8 Å². The molecule has 0 bridgehead atoms. The van der Waals surface area contributed by atoms with Crippen LogP contribution in [0.25, 0.3) is 0 Å². The maximum absolute atomic E-state index is 11.5. The van der Waals surface area contributed by atoms with Gasteiger partial charge >= 0.3 is 0 Å². The van der Waals surface area contributed by atoms with Crippen LogP contribution in [0.15, 0.2) is 23.5 Å². The molecule has 16 heavy (non-hydrogen) atoms. The van der Waals surface area contributed by atoms with E-state index in [1.54, 1.807) is 6.92 Å². The minimum atomic E-state index is -0.564. The van der Waals surface area contributed by atoms with Crippen molar-refractivity contribution < 1.29 is 9.63 Å². The lowest BCUT2D eigenvalue weighted by atomic mass is 10.1. The predicted octanol–water partition coefficient (Wildman–Crippen LogP) is 0.839. The number of carbonyl (C=O) groups excluding carboxylic acids is 1. The number of rotatable bonds is 4. The van der Waals surface area contributed by atoms with Gasteiger partial charge in [-0.05, 0) is 25.5 Å². The highest BCUT2D eigenvalue weighted by Crippen LogP contribution is 2.02. The van der Waals surface area contributed by atoms with E-state index in [9.17, 15) is 9.59 Å². The standard InChI is InChI=1S/C11H14N2O3/c1-4-5-16-13-11(15)9-6-7(2)8(3)12-10(9)14/h4,6H,1,5H2,2-3H3,(H,12,14)(H,13,15). The van der Waals surface area contributed by atoms with Crippen LogP contribution < -0.4 is 11.0 Å². The van der Waals surface area contributed by atoms with Crippen molar-refractivity contribution in [3.05, 3.63) is 45.9 Å². The Labute approximate surface area is 93.1 Å². The van der Waals surface area contributed by atoms with Gasteiger partial charge in [0.15, 0.2) is 0 Å². The maximum atomic E-state index is 11.5. The summed E-state index contributed by atoms with van der Waals surface area (Å²) in [4.78, 5) is 30.3. The van der Waals surface area contributed by atoms with E-state index in [1.165, 1.54) is 12.1 Å². The number of amides is 1. The number of hydroxylamine groups is 1. The summed E-state index contributed by atoms with van der Waals surface area (Å²) in [5.74, 6) is -0.564.